The van der Waals surface area contributed by atoms with E-state index >= 15 is 0 Å². The van der Waals surface area contributed by atoms with Gasteiger partial charge in [-0.15, -0.1) is 0 Å². The normalized spacial score (nSPS) is 23.5. The number of hydrogen-bond donors (Lipinski definition) is 4. The number of amides is 2. The Kier molecular flexibility index (Phi) is 5.87. The number of carbonyl (C=O) groups is 1. The monoisotopic (exact) mass is 332 g/mol. The first kappa shape index (κ1) is 17.0. The van der Waals surface area contributed by atoms with Crippen molar-refractivity contribution in [2.24, 2.45) is 5.92 Å². The van der Waals surface area contributed by atoms with Crippen LogP contribution in [0.5, 0.6) is 0 Å². The zero-order valence-corrected chi connectivity index (χ0v) is 14.3. The number of hydrazine groups is 1. The molecule has 3 heterocycles. The van der Waals surface area contributed by atoms with Gasteiger partial charge in [-0.3, -0.25) is 10.9 Å². The maximum Gasteiger partial charge on any atom is 0.319 e. The zero-order valence-electron chi connectivity index (χ0n) is 14.3. The van der Waals surface area contributed by atoms with E-state index in [1.54, 1.807) is 6.20 Å². The van der Waals surface area contributed by atoms with E-state index in [1.165, 1.54) is 12.8 Å². The second kappa shape index (κ2) is 8.30. The second-order valence-electron chi connectivity index (χ2n) is 6.70. The molecule has 3 rings (SSSR count). The molecule has 7 heteroatoms. The number of pyridine rings is 1. The lowest BCUT2D eigenvalue weighted by molar-refractivity contribution is 0.251. The molecule has 2 unspecified atom stereocenters. The highest BCUT2D eigenvalue weighted by Crippen LogP contribution is 2.19. The molecule has 2 aliphatic rings. The van der Waals surface area contributed by atoms with Crippen LogP contribution in [0.4, 0.5) is 16.3 Å². The molecule has 0 saturated carbocycles. The third kappa shape index (κ3) is 4.58. The molecule has 0 aromatic carbocycles. The Morgan fingerprint density at radius 1 is 1.38 bits per heavy atom. The van der Waals surface area contributed by atoms with Gasteiger partial charge in [-0.1, -0.05) is 0 Å². The molecule has 2 atom stereocenters. The minimum absolute atomic E-state index is 0.165. The molecule has 2 saturated heterocycles. The van der Waals surface area contributed by atoms with Gasteiger partial charge in [-0.25, -0.2) is 9.78 Å². The van der Waals surface area contributed by atoms with Gasteiger partial charge in [0.05, 0.1) is 11.9 Å². The molecule has 2 aliphatic heterocycles. The third-order valence-electron chi connectivity index (χ3n) is 4.87. The summed E-state index contributed by atoms with van der Waals surface area (Å²) in [6, 6.07) is 4.22. The standard InChI is InChI=1S/C17H28N6O/c1-13-14(11-20-22-13)5-4-8-18-17(24)21-15-6-7-16(19-12-15)23-9-2-3-10-23/h6-7,12-14,20,22H,2-5,8-11H2,1H3,(H2,18,21,24). The lowest BCUT2D eigenvalue weighted by atomic mass is 9.98. The van der Waals surface area contributed by atoms with Crippen molar-refractivity contribution in [1.29, 1.82) is 0 Å². The van der Waals surface area contributed by atoms with Crippen LogP contribution >= 0.6 is 0 Å². The SMILES string of the molecule is CC1NNCC1CCCNC(=O)Nc1ccc(N2CCCC2)nc1. The maximum atomic E-state index is 11.9. The predicted molar refractivity (Wildman–Crippen MR) is 96.0 cm³/mol. The summed E-state index contributed by atoms with van der Waals surface area (Å²) in [6.45, 7) is 6.02. The molecule has 0 spiro atoms. The Hall–Kier alpha value is -1.86. The Labute approximate surface area is 143 Å². The number of nitrogens with one attached hydrogen (secondary N) is 4. The van der Waals surface area contributed by atoms with E-state index in [4.69, 9.17) is 0 Å². The van der Waals surface area contributed by atoms with Crippen LogP contribution in [-0.2, 0) is 0 Å². The molecular formula is C17H28N6O. The van der Waals surface area contributed by atoms with Crippen LogP contribution in [0.15, 0.2) is 18.3 Å². The predicted octanol–water partition coefficient (Wildman–Crippen LogP) is 1.70. The summed E-state index contributed by atoms with van der Waals surface area (Å²) in [5, 5.41) is 5.75. The summed E-state index contributed by atoms with van der Waals surface area (Å²) >= 11 is 0. The van der Waals surface area contributed by atoms with Gasteiger partial charge in [0.1, 0.15) is 5.82 Å². The minimum Gasteiger partial charge on any atom is -0.357 e. The molecule has 0 aliphatic carbocycles. The van der Waals surface area contributed by atoms with Gasteiger partial charge in [-0.2, -0.15) is 0 Å². The van der Waals surface area contributed by atoms with Crippen molar-refractivity contribution in [2.75, 3.05) is 36.4 Å². The molecule has 2 fully saturated rings. The van der Waals surface area contributed by atoms with Gasteiger partial charge >= 0.3 is 6.03 Å². The average Bonchev–Trinajstić information content (AvgIpc) is 3.24. The highest BCUT2D eigenvalue weighted by atomic mass is 16.2. The van der Waals surface area contributed by atoms with Crippen LogP contribution in [0.2, 0.25) is 0 Å². The van der Waals surface area contributed by atoms with Gasteiger partial charge in [0.25, 0.3) is 0 Å². The number of hydrogen-bond acceptors (Lipinski definition) is 5. The van der Waals surface area contributed by atoms with Crippen LogP contribution in [0.3, 0.4) is 0 Å². The first-order chi connectivity index (χ1) is 11.7. The summed E-state index contributed by atoms with van der Waals surface area (Å²) in [7, 11) is 0. The zero-order chi connectivity index (χ0) is 16.8. The Bertz CT molecular complexity index is 528. The third-order valence-corrected chi connectivity index (χ3v) is 4.87. The van der Waals surface area contributed by atoms with Crippen LogP contribution in [0, 0.1) is 5.92 Å². The Morgan fingerprint density at radius 2 is 2.21 bits per heavy atom. The van der Waals surface area contributed by atoms with E-state index in [1.807, 2.05) is 12.1 Å². The molecule has 0 radical (unpaired) electrons. The summed E-state index contributed by atoms with van der Waals surface area (Å²) in [6.07, 6.45) is 6.28. The molecule has 1 aromatic heterocycles. The number of urea groups is 1. The van der Waals surface area contributed by atoms with Crippen molar-refractivity contribution < 1.29 is 4.79 Å². The van der Waals surface area contributed by atoms with Crippen LogP contribution < -0.4 is 26.4 Å². The van der Waals surface area contributed by atoms with Crippen molar-refractivity contribution in [1.82, 2.24) is 21.2 Å². The maximum absolute atomic E-state index is 11.9. The summed E-state index contributed by atoms with van der Waals surface area (Å²) in [4.78, 5) is 18.6. The lowest BCUT2D eigenvalue weighted by Crippen LogP contribution is -2.31. The van der Waals surface area contributed by atoms with Crippen molar-refractivity contribution in [2.45, 2.75) is 38.6 Å². The lowest BCUT2D eigenvalue weighted by Gasteiger charge is -2.16. The van der Waals surface area contributed by atoms with Crippen molar-refractivity contribution in [3.63, 3.8) is 0 Å². The van der Waals surface area contributed by atoms with Crippen molar-refractivity contribution in [3.8, 4) is 0 Å². The molecule has 4 N–H and O–H groups in total. The Morgan fingerprint density at radius 3 is 2.88 bits per heavy atom. The van der Waals surface area contributed by atoms with E-state index in [9.17, 15) is 4.79 Å². The van der Waals surface area contributed by atoms with Crippen LogP contribution in [0.1, 0.15) is 32.6 Å². The van der Waals surface area contributed by atoms with Gasteiger partial charge < -0.3 is 15.5 Å². The second-order valence-corrected chi connectivity index (χ2v) is 6.70. The molecule has 0 bridgehead atoms. The smallest absolute Gasteiger partial charge is 0.319 e. The highest BCUT2D eigenvalue weighted by molar-refractivity contribution is 5.89. The van der Waals surface area contributed by atoms with E-state index < -0.39 is 0 Å². The first-order valence-electron chi connectivity index (χ1n) is 8.96. The van der Waals surface area contributed by atoms with Gasteiger partial charge in [-0.05, 0) is 50.7 Å². The fourth-order valence-electron chi connectivity index (χ4n) is 3.33. The molecule has 2 amide bonds. The molecule has 24 heavy (non-hydrogen) atoms. The quantitative estimate of drug-likeness (QED) is 0.596. The van der Waals surface area contributed by atoms with Crippen molar-refractivity contribution in [3.05, 3.63) is 18.3 Å². The number of anilines is 2. The largest absolute Gasteiger partial charge is 0.357 e. The average molecular weight is 332 g/mol. The van der Waals surface area contributed by atoms with E-state index in [0.29, 0.717) is 18.5 Å². The van der Waals surface area contributed by atoms with Gasteiger partial charge in [0.15, 0.2) is 0 Å². The van der Waals surface area contributed by atoms with E-state index in [-0.39, 0.29) is 6.03 Å². The fourth-order valence-corrected chi connectivity index (χ4v) is 3.33. The van der Waals surface area contributed by atoms with Crippen LogP contribution in [-0.4, -0.2) is 43.2 Å². The number of nitrogens with zero attached hydrogens (tertiary/aromatic N) is 2. The number of aromatic nitrogens is 1. The summed E-state index contributed by atoms with van der Waals surface area (Å²) in [5.74, 6) is 1.63. The number of carbonyl (C=O) groups excluding carboxylic acids is 1. The van der Waals surface area contributed by atoms with Crippen LogP contribution in [0.25, 0.3) is 0 Å². The van der Waals surface area contributed by atoms with E-state index in [0.717, 1.165) is 44.0 Å². The van der Waals surface area contributed by atoms with Gasteiger partial charge in [0, 0.05) is 32.2 Å². The molecule has 1 aromatic rings. The minimum atomic E-state index is -0.165. The van der Waals surface area contributed by atoms with Gasteiger partial charge in [0.2, 0.25) is 0 Å². The Balaban J connectivity index is 1.35. The molecule has 7 nitrogen and oxygen atoms in total. The summed E-state index contributed by atoms with van der Waals surface area (Å²) in [5.41, 5.74) is 7.12. The fraction of sp³-hybridized carbons (Fsp3) is 0.647. The topological polar surface area (TPSA) is 81.3 Å². The first-order valence-corrected chi connectivity index (χ1v) is 8.96. The summed E-state index contributed by atoms with van der Waals surface area (Å²) < 4.78 is 0. The molecule has 132 valence electrons. The highest BCUT2D eigenvalue weighted by Gasteiger charge is 2.21. The van der Waals surface area contributed by atoms with E-state index in [2.05, 4.69) is 38.3 Å². The molecular weight excluding hydrogens is 304 g/mol. The van der Waals surface area contributed by atoms with Crippen molar-refractivity contribution >= 4 is 17.5 Å². The number of rotatable bonds is 6.